The average molecular weight is 680 g/mol. The number of aliphatic hydroxyl groups excluding tert-OH is 1. The number of imide groups is 1. The number of aromatic amines is 1. The number of aromatic nitrogens is 3. The summed E-state index contributed by atoms with van der Waals surface area (Å²) in [4.78, 5) is 57.9. The van der Waals surface area contributed by atoms with Gasteiger partial charge in [0.25, 0.3) is 0 Å². The van der Waals surface area contributed by atoms with Crippen molar-refractivity contribution in [2.75, 3.05) is 26.3 Å². The fraction of sp³-hybridized carbons (Fsp3) is 0.571. The standard InChI is InChI=1S/C35H49N7O5S/c36-29(22-28-12-7-19-48-28)34(45)42(35(46)41-15-17-47-18-16-41)31(21-27-23-37-24-39-27)33(44)40-30(20-25-8-2-1-3-9-25)32(43)13-6-11-26-10-4-5-14-38-26/h4-5,7,10,12,14,19,23-25,29-32,43H,1-3,6,8-9,11,13,15-18,20-22,36H2,(H,37,39)(H,40,44)/t29-,30-,31-,32-/m0/s1. The number of aryl methyl sites for hydroxylation is 1. The quantitative estimate of drug-likeness (QED) is 0.190. The Labute approximate surface area is 286 Å². The summed E-state index contributed by atoms with van der Waals surface area (Å²) in [6, 6.07) is 6.17. The van der Waals surface area contributed by atoms with E-state index in [0.29, 0.717) is 63.6 Å². The largest absolute Gasteiger partial charge is 0.391 e. The molecule has 3 aromatic rings. The van der Waals surface area contributed by atoms with E-state index in [4.69, 9.17) is 10.5 Å². The SMILES string of the molecule is N[C@@H](Cc1cccs1)C(=O)N(C(=O)N1CCOCC1)[C@@H](Cc1cnc[nH]1)C(=O)N[C@@H](CC1CCCCC1)[C@@H](O)CCCc1ccccn1. The Hall–Kier alpha value is -3.65. The second-order valence-corrected chi connectivity index (χ2v) is 13.9. The zero-order chi connectivity index (χ0) is 33.7. The molecule has 1 saturated heterocycles. The number of thiophene rings is 1. The number of amides is 4. The van der Waals surface area contributed by atoms with Gasteiger partial charge in [0, 0.05) is 54.6 Å². The first-order chi connectivity index (χ1) is 23.4. The molecule has 4 amide bonds. The highest BCUT2D eigenvalue weighted by Gasteiger charge is 2.41. The van der Waals surface area contributed by atoms with Gasteiger partial charge in [0.2, 0.25) is 11.8 Å². The van der Waals surface area contributed by atoms with E-state index in [1.807, 2.05) is 35.7 Å². The lowest BCUT2D eigenvalue weighted by molar-refractivity contribution is -0.139. The number of carbonyl (C=O) groups excluding carboxylic acids is 3. The van der Waals surface area contributed by atoms with Crippen molar-refractivity contribution in [1.82, 2.24) is 30.1 Å². The van der Waals surface area contributed by atoms with Gasteiger partial charge in [-0.15, -0.1) is 11.3 Å². The van der Waals surface area contributed by atoms with Gasteiger partial charge in [-0.3, -0.25) is 14.6 Å². The van der Waals surface area contributed by atoms with Gasteiger partial charge in [0.15, 0.2) is 0 Å². The van der Waals surface area contributed by atoms with Gasteiger partial charge in [-0.1, -0.05) is 44.2 Å². The number of aliphatic hydroxyl groups is 1. The number of rotatable bonds is 15. The number of nitrogens with two attached hydrogens (primary N) is 1. The van der Waals surface area contributed by atoms with Gasteiger partial charge in [-0.2, -0.15) is 0 Å². The summed E-state index contributed by atoms with van der Waals surface area (Å²) in [7, 11) is 0. The van der Waals surface area contributed by atoms with Gasteiger partial charge in [0.1, 0.15) is 6.04 Å². The third-order valence-corrected chi connectivity index (χ3v) is 10.3. The van der Waals surface area contributed by atoms with Crippen LogP contribution in [0, 0.1) is 5.92 Å². The third kappa shape index (κ3) is 10.2. The maximum Gasteiger partial charge on any atom is 0.327 e. The van der Waals surface area contributed by atoms with E-state index in [9.17, 15) is 19.5 Å². The molecule has 3 aromatic heterocycles. The van der Waals surface area contributed by atoms with Crippen LogP contribution in [0.2, 0.25) is 0 Å². The Morgan fingerprint density at radius 1 is 1.12 bits per heavy atom. The number of imidazole rings is 1. The van der Waals surface area contributed by atoms with E-state index >= 15 is 0 Å². The van der Waals surface area contributed by atoms with Crippen LogP contribution in [0.4, 0.5) is 4.79 Å². The molecule has 2 aliphatic rings. The summed E-state index contributed by atoms with van der Waals surface area (Å²) in [6.07, 6.45) is 12.3. The van der Waals surface area contributed by atoms with Crippen LogP contribution >= 0.6 is 11.3 Å². The van der Waals surface area contributed by atoms with Crippen molar-refractivity contribution in [3.05, 3.63) is 70.7 Å². The van der Waals surface area contributed by atoms with Crippen molar-refractivity contribution in [3.63, 3.8) is 0 Å². The number of carbonyl (C=O) groups is 3. The predicted molar refractivity (Wildman–Crippen MR) is 183 cm³/mol. The Balaban J connectivity index is 1.40. The minimum absolute atomic E-state index is 0.0191. The smallest absolute Gasteiger partial charge is 0.327 e. The monoisotopic (exact) mass is 679 g/mol. The molecule has 2 fully saturated rings. The number of hydrogen-bond acceptors (Lipinski definition) is 9. The Bertz CT molecular complexity index is 1400. The predicted octanol–water partition coefficient (Wildman–Crippen LogP) is 3.47. The molecular weight excluding hydrogens is 630 g/mol. The molecule has 0 radical (unpaired) electrons. The normalized spacial score (nSPS) is 18.1. The third-order valence-electron chi connectivity index (χ3n) is 9.39. The van der Waals surface area contributed by atoms with Gasteiger partial charge < -0.3 is 30.8 Å². The number of urea groups is 1. The molecule has 1 aliphatic carbocycles. The van der Waals surface area contributed by atoms with Gasteiger partial charge in [-0.25, -0.2) is 14.7 Å². The molecule has 13 heteroatoms. The van der Waals surface area contributed by atoms with Gasteiger partial charge in [0.05, 0.1) is 37.7 Å². The number of nitrogens with zero attached hydrogens (tertiary/aromatic N) is 4. The number of ether oxygens (including phenoxy) is 1. The van der Waals surface area contributed by atoms with Crippen molar-refractivity contribution < 1.29 is 24.2 Å². The minimum Gasteiger partial charge on any atom is -0.391 e. The topological polar surface area (TPSA) is 167 Å². The first kappa shape index (κ1) is 35.7. The van der Waals surface area contributed by atoms with E-state index in [1.165, 1.54) is 24.1 Å². The van der Waals surface area contributed by atoms with Crippen LogP contribution in [0.25, 0.3) is 0 Å². The zero-order valence-corrected chi connectivity index (χ0v) is 28.4. The van der Waals surface area contributed by atoms with E-state index in [0.717, 1.165) is 41.2 Å². The second-order valence-electron chi connectivity index (χ2n) is 12.9. The molecule has 1 saturated carbocycles. The number of nitrogens with one attached hydrogen (secondary N) is 2. The van der Waals surface area contributed by atoms with Gasteiger partial charge >= 0.3 is 6.03 Å². The van der Waals surface area contributed by atoms with E-state index in [1.54, 1.807) is 17.3 Å². The van der Waals surface area contributed by atoms with Crippen LogP contribution in [0.15, 0.2) is 54.4 Å². The summed E-state index contributed by atoms with van der Waals surface area (Å²) in [5.74, 6) is -0.765. The van der Waals surface area contributed by atoms with Crippen LogP contribution < -0.4 is 11.1 Å². The Kier molecular flexibility index (Phi) is 13.5. The van der Waals surface area contributed by atoms with Crippen LogP contribution in [0.3, 0.4) is 0 Å². The maximum absolute atomic E-state index is 14.5. The van der Waals surface area contributed by atoms with Crippen molar-refractivity contribution in [1.29, 1.82) is 0 Å². The Morgan fingerprint density at radius 2 is 1.94 bits per heavy atom. The fourth-order valence-electron chi connectivity index (χ4n) is 6.72. The molecule has 1 aliphatic heterocycles. The molecule has 12 nitrogen and oxygen atoms in total. The van der Waals surface area contributed by atoms with E-state index in [2.05, 4.69) is 20.3 Å². The van der Waals surface area contributed by atoms with Crippen LogP contribution in [-0.4, -0.2) is 98.2 Å². The number of pyridine rings is 1. The summed E-state index contributed by atoms with van der Waals surface area (Å²) in [6.45, 7) is 1.25. The molecule has 0 spiro atoms. The van der Waals surface area contributed by atoms with Crippen LogP contribution in [0.5, 0.6) is 0 Å². The number of morpholine rings is 1. The Morgan fingerprint density at radius 3 is 2.62 bits per heavy atom. The molecule has 4 atom stereocenters. The molecule has 0 bridgehead atoms. The number of hydrogen-bond donors (Lipinski definition) is 4. The molecule has 48 heavy (non-hydrogen) atoms. The molecule has 0 unspecified atom stereocenters. The molecule has 0 aromatic carbocycles. The minimum atomic E-state index is -1.22. The summed E-state index contributed by atoms with van der Waals surface area (Å²) in [5, 5.41) is 16.6. The summed E-state index contributed by atoms with van der Waals surface area (Å²) in [5.41, 5.74) is 8.03. The molecule has 5 rings (SSSR count). The highest BCUT2D eigenvalue weighted by atomic mass is 32.1. The van der Waals surface area contributed by atoms with Crippen molar-refractivity contribution in [2.45, 2.75) is 94.9 Å². The van der Waals surface area contributed by atoms with Crippen LogP contribution in [0.1, 0.15) is 67.6 Å². The second kappa shape index (κ2) is 18.2. The van der Waals surface area contributed by atoms with Gasteiger partial charge in [-0.05, 0) is 55.2 Å². The molecule has 4 heterocycles. The first-order valence-corrected chi connectivity index (χ1v) is 18.1. The highest BCUT2D eigenvalue weighted by Crippen LogP contribution is 2.29. The van der Waals surface area contributed by atoms with Crippen molar-refractivity contribution in [3.8, 4) is 0 Å². The molecular formula is C35H49N7O5S. The van der Waals surface area contributed by atoms with Crippen molar-refractivity contribution in [2.24, 2.45) is 11.7 Å². The van der Waals surface area contributed by atoms with Crippen LogP contribution in [-0.2, 0) is 33.6 Å². The summed E-state index contributed by atoms with van der Waals surface area (Å²) >= 11 is 1.48. The van der Waals surface area contributed by atoms with E-state index < -0.39 is 42.1 Å². The fourth-order valence-corrected chi connectivity index (χ4v) is 7.48. The number of H-pyrrole nitrogens is 1. The molecule has 260 valence electrons. The van der Waals surface area contributed by atoms with Crippen molar-refractivity contribution >= 4 is 29.2 Å². The summed E-state index contributed by atoms with van der Waals surface area (Å²) < 4.78 is 5.47. The first-order valence-electron chi connectivity index (χ1n) is 17.2. The lowest BCUT2D eigenvalue weighted by atomic mass is 9.83. The molecule has 5 N–H and O–H groups in total. The average Bonchev–Trinajstić information content (AvgIpc) is 3.83. The lowest BCUT2D eigenvalue weighted by Crippen LogP contribution is -2.62. The highest BCUT2D eigenvalue weighted by molar-refractivity contribution is 7.09. The maximum atomic E-state index is 14.5. The zero-order valence-electron chi connectivity index (χ0n) is 27.5. The lowest BCUT2D eigenvalue weighted by Gasteiger charge is -2.38. The van der Waals surface area contributed by atoms with E-state index in [-0.39, 0.29) is 12.8 Å².